The fourth-order valence-electron chi connectivity index (χ4n) is 1.74. The van der Waals surface area contributed by atoms with Crippen molar-refractivity contribution in [2.75, 3.05) is 10.6 Å². The quantitative estimate of drug-likeness (QED) is 0.668. The maximum atomic E-state index is 13.0. The molecule has 2 N–H and O–H groups in total. The van der Waals surface area contributed by atoms with Crippen molar-refractivity contribution in [2.24, 2.45) is 0 Å². The van der Waals surface area contributed by atoms with Gasteiger partial charge >= 0.3 is 11.8 Å². The molecule has 0 heterocycles. The van der Waals surface area contributed by atoms with Crippen LogP contribution in [0.3, 0.4) is 0 Å². The monoisotopic (exact) mass is 334 g/mol. The molecule has 7 heteroatoms. The van der Waals surface area contributed by atoms with Gasteiger partial charge in [0.25, 0.3) is 0 Å². The molecule has 0 saturated heterocycles. The first kappa shape index (κ1) is 16.6. The fourth-order valence-corrected chi connectivity index (χ4v) is 1.92. The first-order valence-electron chi connectivity index (χ1n) is 6.55. The van der Waals surface area contributed by atoms with E-state index in [1.54, 1.807) is 0 Å². The van der Waals surface area contributed by atoms with Gasteiger partial charge in [0.1, 0.15) is 5.82 Å². The van der Waals surface area contributed by atoms with Crippen molar-refractivity contribution >= 4 is 40.6 Å². The second kappa shape index (κ2) is 7.02. The topological polar surface area (TPSA) is 75.3 Å². The molecule has 0 spiro atoms. The number of Topliss-reactive ketones (excluding diaryl/α,β-unsaturated/α-hetero) is 1. The summed E-state index contributed by atoms with van der Waals surface area (Å²) in [6.45, 7) is 1.43. The van der Waals surface area contributed by atoms with Crippen LogP contribution >= 0.6 is 11.6 Å². The van der Waals surface area contributed by atoms with E-state index in [2.05, 4.69) is 10.6 Å². The largest absolute Gasteiger partial charge is 0.318 e. The number of hydrogen-bond acceptors (Lipinski definition) is 3. The molecule has 0 aromatic heterocycles. The zero-order chi connectivity index (χ0) is 17.0. The van der Waals surface area contributed by atoms with Gasteiger partial charge < -0.3 is 10.6 Å². The van der Waals surface area contributed by atoms with E-state index in [-0.39, 0.29) is 16.5 Å². The molecule has 0 aliphatic rings. The number of amides is 2. The van der Waals surface area contributed by atoms with Crippen molar-refractivity contribution < 1.29 is 18.8 Å². The molecular weight excluding hydrogens is 323 g/mol. The predicted octanol–water partition coefficient (Wildman–Crippen LogP) is 3.26. The highest BCUT2D eigenvalue weighted by atomic mass is 35.5. The maximum Gasteiger partial charge on any atom is 0.314 e. The summed E-state index contributed by atoms with van der Waals surface area (Å²) in [5.41, 5.74) is 1.06. The normalized spacial score (nSPS) is 10.0. The third-order valence-corrected chi connectivity index (χ3v) is 3.22. The zero-order valence-electron chi connectivity index (χ0n) is 12.0. The summed E-state index contributed by atoms with van der Waals surface area (Å²) in [5, 5.41) is 4.52. The number of hydrogen-bond donors (Lipinski definition) is 2. The van der Waals surface area contributed by atoms with Crippen LogP contribution in [0.5, 0.6) is 0 Å². The fraction of sp³-hybridized carbons (Fsp3) is 0.0625. The van der Waals surface area contributed by atoms with Crippen molar-refractivity contribution in [1.82, 2.24) is 0 Å². The van der Waals surface area contributed by atoms with Gasteiger partial charge in [-0.25, -0.2) is 4.39 Å². The molecule has 0 bridgehead atoms. The smallest absolute Gasteiger partial charge is 0.314 e. The minimum atomic E-state index is -0.927. The van der Waals surface area contributed by atoms with Gasteiger partial charge in [0.05, 0.1) is 5.02 Å². The van der Waals surface area contributed by atoms with Crippen LogP contribution in [0.15, 0.2) is 42.5 Å². The van der Waals surface area contributed by atoms with E-state index in [1.807, 2.05) is 0 Å². The Kier molecular flexibility index (Phi) is 5.08. The van der Waals surface area contributed by atoms with Crippen molar-refractivity contribution in [3.8, 4) is 0 Å². The molecule has 5 nitrogen and oxygen atoms in total. The Morgan fingerprint density at radius 2 is 1.43 bits per heavy atom. The Hall–Kier alpha value is -2.73. The van der Waals surface area contributed by atoms with Crippen LogP contribution < -0.4 is 10.6 Å². The lowest BCUT2D eigenvalue weighted by Gasteiger charge is -2.07. The van der Waals surface area contributed by atoms with Gasteiger partial charge in [-0.3, -0.25) is 14.4 Å². The highest BCUT2D eigenvalue weighted by Gasteiger charge is 2.15. The molecule has 23 heavy (non-hydrogen) atoms. The number of nitrogens with one attached hydrogen (secondary N) is 2. The second-order valence-corrected chi connectivity index (χ2v) is 5.08. The lowest BCUT2D eigenvalue weighted by atomic mass is 10.1. The van der Waals surface area contributed by atoms with Crippen LogP contribution in [-0.2, 0) is 9.59 Å². The van der Waals surface area contributed by atoms with E-state index in [9.17, 15) is 18.8 Å². The van der Waals surface area contributed by atoms with Crippen LogP contribution in [0.4, 0.5) is 15.8 Å². The third kappa shape index (κ3) is 4.37. The molecule has 0 fully saturated rings. The molecule has 118 valence electrons. The summed E-state index contributed by atoms with van der Waals surface area (Å²) < 4.78 is 13.0. The number of carbonyl (C=O) groups excluding carboxylic acids is 3. The molecule has 0 aliphatic carbocycles. The number of carbonyl (C=O) groups is 3. The Morgan fingerprint density at radius 3 is 1.96 bits per heavy atom. The Bertz CT molecular complexity index is 775. The van der Waals surface area contributed by atoms with Gasteiger partial charge in [-0.15, -0.1) is 0 Å². The lowest BCUT2D eigenvalue weighted by Crippen LogP contribution is -2.29. The predicted molar refractivity (Wildman–Crippen MR) is 85.1 cm³/mol. The Balaban J connectivity index is 2.00. The van der Waals surface area contributed by atoms with Crippen molar-refractivity contribution in [3.63, 3.8) is 0 Å². The zero-order valence-corrected chi connectivity index (χ0v) is 12.8. The van der Waals surface area contributed by atoms with E-state index in [0.29, 0.717) is 11.3 Å². The van der Waals surface area contributed by atoms with Crippen molar-refractivity contribution in [1.29, 1.82) is 0 Å². The van der Waals surface area contributed by atoms with Crippen LogP contribution in [0.2, 0.25) is 5.02 Å². The molecule has 2 rings (SSSR count). The number of ketones is 1. The standard InChI is InChI=1S/C16H12ClFN2O3/c1-9(21)10-2-4-11(5-3-10)19-15(22)16(23)20-12-6-7-14(18)13(17)8-12/h2-8H,1H3,(H,19,22)(H,20,23). The summed E-state index contributed by atoms with van der Waals surface area (Å²) in [4.78, 5) is 34.7. The van der Waals surface area contributed by atoms with Gasteiger partial charge in [0.2, 0.25) is 0 Å². The first-order valence-corrected chi connectivity index (χ1v) is 6.93. The third-order valence-electron chi connectivity index (χ3n) is 2.93. The molecule has 0 saturated carbocycles. The summed E-state index contributed by atoms with van der Waals surface area (Å²) in [5.74, 6) is -2.56. The maximum absolute atomic E-state index is 13.0. The molecule has 0 atom stereocenters. The van der Waals surface area contributed by atoms with Gasteiger partial charge in [-0.1, -0.05) is 11.6 Å². The first-order chi connectivity index (χ1) is 10.9. The summed E-state index contributed by atoms with van der Waals surface area (Å²) in [6, 6.07) is 9.66. The van der Waals surface area contributed by atoms with Gasteiger partial charge in [0, 0.05) is 16.9 Å². The van der Waals surface area contributed by atoms with E-state index in [1.165, 1.54) is 43.3 Å². The number of halogens is 2. The molecule has 2 amide bonds. The van der Waals surface area contributed by atoms with E-state index < -0.39 is 17.6 Å². The number of anilines is 2. The Labute approximate surface area is 136 Å². The molecule has 0 aliphatic heterocycles. The molecule has 2 aromatic carbocycles. The summed E-state index contributed by atoms with van der Waals surface area (Å²) >= 11 is 5.59. The highest BCUT2D eigenvalue weighted by molar-refractivity contribution is 6.43. The van der Waals surface area contributed by atoms with Gasteiger partial charge in [-0.2, -0.15) is 0 Å². The average Bonchev–Trinajstić information content (AvgIpc) is 2.51. The van der Waals surface area contributed by atoms with E-state index >= 15 is 0 Å². The van der Waals surface area contributed by atoms with Crippen molar-refractivity contribution in [3.05, 3.63) is 58.9 Å². The van der Waals surface area contributed by atoms with E-state index in [4.69, 9.17) is 11.6 Å². The van der Waals surface area contributed by atoms with Crippen LogP contribution in [0.1, 0.15) is 17.3 Å². The minimum Gasteiger partial charge on any atom is -0.318 e. The average molecular weight is 335 g/mol. The van der Waals surface area contributed by atoms with Crippen LogP contribution in [0.25, 0.3) is 0 Å². The van der Waals surface area contributed by atoms with Gasteiger partial charge in [-0.05, 0) is 49.4 Å². The molecular formula is C16H12ClFN2O3. The SMILES string of the molecule is CC(=O)c1ccc(NC(=O)C(=O)Nc2ccc(F)c(Cl)c2)cc1. The van der Waals surface area contributed by atoms with E-state index in [0.717, 1.165) is 6.07 Å². The summed E-state index contributed by atoms with van der Waals surface area (Å²) in [6.07, 6.45) is 0. The minimum absolute atomic E-state index is 0.103. The Morgan fingerprint density at radius 1 is 0.913 bits per heavy atom. The highest BCUT2D eigenvalue weighted by Crippen LogP contribution is 2.19. The van der Waals surface area contributed by atoms with Crippen LogP contribution in [-0.4, -0.2) is 17.6 Å². The van der Waals surface area contributed by atoms with Gasteiger partial charge in [0.15, 0.2) is 5.78 Å². The summed E-state index contributed by atoms with van der Waals surface area (Å²) in [7, 11) is 0. The molecule has 0 radical (unpaired) electrons. The number of benzene rings is 2. The second-order valence-electron chi connectivity index (χ2n) is 4.67. The van der Waals surface area contributed by atoms with Crippen LogP contribution in [0, 0.1) is 5.82 Å². The molecule has 0 unspecified atom stereocenters. The van der Waals surface area contributed by atoms with Crippen molar-refractivity contribution in [2.45, 2.75) is 6.92 Å². The lowest BCUT2D eigenvalue weighted by molar-refractivity contribution is -0.132. The number of rotatable bonds is 3. The molecule has 2 aromatic rings.